The fourth-order valence-corrected chi connectivity index (χ4v) is 5.76. The van der Waals surface area contributed by atoms with Crippen LogP contribution >= 0.6 is 12.2 Å². The standard InChI is InChI=1S/C29H34F3N5O2S/c1-5-19-15-23(9-10-25(19)39-14-13-35-12-11-34-21(6-2)18-35)37-27(40)36(26(38)28(37,3)4)22-8-7-20(17-33)24(16-22)29(30,31)32/h7-10,15-16,21,34H,5-6,11-14,18H2,1-4H3. The van der Waals surface area contributed by atoms with Gasteiger partial charge < -0.3 is 15.0 Å². The summed E-state index contributed by atoms with van der Waals surface area (Å²) in [5, 5.41) is 12.7. The molecule has 2 saturated heterocycles. The SMILES string of the molecule is CCc1cc(N2C(=S)N(c3ccc(C#N)c(C(F)(F)F)c3)C(=O)C2(C)C)ccc1OCCN1CCNC(CC)C1. The third-order valence-electron chi connectivity index (χ3n) is 7.54. The van der Waals surface area contributed by atoms with Gasteiger partial charge in [0.05, 0.1) is 22.9 Å². The van der Waals surface area contributed by atoms with Crippen LogP contribution in [0.25, 0.3) is 0 Å². The highest BCUT2D eigenvalue weighted by atomic mass is 32.1. The van der Waals surface area contributed by atoms with E-state index >= 15 is 0 Å². The third-order valence-corrected chi connectivity index (χ3v) is 7.90. The Morgan fingerprint density at radius 3 is 2.55 bits per heavy atom. The first-order valence-corrected chi connectivity index (χ1v) is 13.8. The Bertz CT molecular complexity index is 1320. The Kier molecular flexibility index (Phi) is 8.73. The van der Waals surface area contributed by atoms with Gasteiger partial charge >= 0.3 is 6.18 Å². The van der Waals surface area contributed by atoms with E-state index in [2.05, 4.69) is 17.1 Å². The number of aryl methyl sites for hydroxylation is 1. The number of rotatable bonds is 8. The number of hydrogen-bond donors (Lipinski definition) is 1. The molecule has 1 unspecified atom stereocenters. The average Bonchev–Trinajstić information content (AvgIpc) is 3.11. The molecule has 214 valence electrons. The maximum Gasteiger partial charge on any atom is 0.417 e. The van der Waals surface area contributed by atoms with Crippen molar-refractivity contribution in [3.05, 3.63) is 53.1 Å². The zero-order valence-electron chi connectivity index (χ0n) is 23.1. The van der Waals surface area contributed by atoms with Gasteiger partial charge in [-0.15, -0.1) is 0 Å². The van der Waals surface area contributed by atoms with Crippen LogP contribution in [0.4, 0.5) is 24.5 Å². The van der Waals surface area contributed by atoms with Crippen LogP contribution in [0.1, 0.15) is 50.8 Å². The highest BCUT2D eigenvalue weighted by Crippen LogP contribution is 2.40. The maximum absolute atomic E-state index is 13.6. The highest BCUT2D eigenvalue weighted by Gasteiger charge is 2.50. The molecule has 7 nitrogen and oxygen atoms in total. The van der Waals surface area contributed by atoms with Crippen LogP contribution in [0.3, 0.4) is 0 Å². The fraction of sp³-hybridized carbons (Fsp3) is 0.483. The van der Waals surface area contributed by atoms with Crippen LogP contribution in [-0.2, 0) is 17.4 Å². The van der Waals surface area contributed by atoms with Crippen LogP contribution in [0.2, 0.25) is 0 Å². The lowest BCUT2D eigenvalue weighted by molar-refractivity contribution is -0.137. The molecule has 2 aliphatic heterocycles. The van der Waals surface area contributed by atoms with E-state index in [9.17, 15) is 18.0 Å². The minimum absolute atomic E-state index is 0.0363. The Morgan fingerprint density at radius 1 is 1.18 bits per heavy atom. The molecule has 0 saturated carbocycles. The molecule has 2 aromatic rings. The van der Waals surface area contributed by atoms with Crippen LogP contribution in [-0.4, -0.2) is 60.3 Å². The largest absolute Gasteiger partial charge is 0.492 e. The summed E-state index contributed by atoms with van der Waals surface area (Å²) < 4.78 is 47.0. The van der Waals surface area contributed by atoms with Gasteiger partial charge in [0, 0.05) is 37.9 Å². The summed E-state index contributed by atoms with van der Waals surface area (Å²) in [6.45, 7) is 11.9. The predicted octanol–water partition coefficient (Wildman–Crippen LogP) is 5.12. The number of ether oxygens (including phenoxy) is 1. The Morgan fingerprint density at radius 2 is 1.90 bits per heavy atom. The minimum atomic E-state index is -4.75. The molecule has 0 aromatic heterocycles. The molecule has 2 heterocycles. The van der Waals surface area contributed by atoms with Crippen LogP contribution < -0.4 is 19.9 Å². The molecule has 2 aromatic carbocycles. The summed E-state index contributed by atoms with van der Waals surface area (Å²) >= 11 is 5.67. The van der Waals surface area contributed by atoms with Crippen molar-refractivity contribution in [1.29, 1.82) is 5.26 Å². The number of halogens is 3. The van der Waals surface area contributed by atoms with Crippen molar-refractivity contribution in [2.24, 2.45) is 0 Å². The van der Waals surface area contributed by atoms with Crippen molar-refractivity contribution in [2.75, 3.05) is 42.6 Å². The summed E-state index contributed by atoms with van der Waals surface area (Å²) in [7, 11) is 0. The summed E-state index contributed by atoms with van der Waals surface area (Å²) in [4.78, 5) is 18.7. The molecule has 0 bridgehead atoms. The van der Waals surface area contributed by atoms with E-state index in [0.29, 0.717) is 24.8 Å². The molecule has 1 atom stereocenters. The Labute approximate surface area is 238 Å². The molecule has 2 fully saturated rings. The first-order valence-electron chi connectivity index (χ1n) is 13.4. The number of thiocarbonyl (C=S) groups is 1. The van der Waals surface area contributed by atoms with Gasteiger partial charge in [-0.25, -0.2) is 0 Å². The lowest BCUT2D eigenvalue weighted by Crippen LogP contribution is -2.51. The summed E-state index contributed by atoms with van der Waals surface area (Å²) in [5.74, 6) is 0.288. The second-order valence-corrected chi connectivity index (χ2v) is 10.9. The van der Waals surface area contributed by atoms with Crippen LogP contribution in [0, 0.1) is 11.3 Å². The number of nitriles is 1. The smallest absolute Gasteiger partial charge is 0.417 e. The first kappa shape index (κ1) is 29.8. The van der Waals surface area contributed by atoms with Crippen LogP contribution in [0.15, 0.2) is 36.4 Å². The fourth-order valence-electron chi connectivity index (χ4n) is 5.24. The van der Waals surface area contributed by atoms with E-state index in [4.69, 9.17) is 22.2 Å². The van der Waals surface area contributed by atoms with E-state index in [-0.39, 0.29) is 10.8 Å². The lowest BCUT2D eigenvalue weighted by atomic mass is 10.0. The molecular weight excluding hydrogens is 539 g/mol. The van der Waals surface area contributed by atoms with Crippen LogP contribution in [0.5, 0.6) is 5.75 Å². The molecule has 11 heteroatoms. The van der Waals surface area contributed by atoms with Gasteiger partial charge in [0.1, 0.15) is 17.9 Å². The molecular formula is C29H34F3N5O2S. The zero-order chi connectivity index (χ0) is 29.2. The number of amides is 1. The number of nitrogens with zero attached hydrogens (tertiary/aromatic N) is 4. The zero-order valence-corrected chi connectivity index (χ0v) is 24.0. The van der Waals surface area contributed by atoms with Crippen molar-refractivity contribution in [2.45, 2.75) is 58.3 Å². The second kappa shape index (κ2) is 11.7. The van der Waals surface area contributed by atoms with Crippen molar-refractivity contribution in [3.8, 4) is 11.8 Å². The van der Waals surface area contributed by atoms with E-state index in [1.807, 2.05) is 25.1 Å². The average molecular weight is 574 g/mol. The number of benzene rings is 2. The van der Waals surface area contributed by atoms with Gasteiger partial charge in [0.15, 0.2) is 5.11 Å². The number of alkyl halides is 3. The molecule has 1 amide bonds. The number of carbonyl (C=O) groups excluding carboxylic acids is 1. The van der Waals surface area contributed by atoms with E-state index in [1.54, 1.807) is 24.8 Å². The van der Waals surface area contributed by atoms with Gasteiger partial charge in [-0.3, -0.25) is 14.6 Å². The van der Waals surface area contributed by atoms with Gasteiger partial charge in [-0.2, -0.15) is 18.4 Å². The monoisotopic (exact) mass is 573 g/mol. The quantitative estimate of drug-likeness (QED) is 0.440. The van der Waals surface area contributed by atoms with Gasteiger partial charge in [0.25, 0.3) is 5.91 Å². The predicted molar refractivity (Wildman–Crippen MR) is 153 cm³/mol. The van der Waals surface area contributed by atoms with Crippen molar-refractivity contribution in [1.82, 2.24) is 10.2 Å². The Hall–Kier alpha value is -3.20. The topological polar surface area (TPSA) is 71.8 Å². The number of carbonyl (C=O) groups is 1. The first-order chi connectivity index (χ1) is 18.9. The maximum atomic E-state index is 13.6. The molecule has 0 aliphatic carbocycles. The van der Waals surface area contributed by atoms with Crippen molar-refractivity contribution < 1.29 is 22.7 Å². The van der Waals surface area contributed by atoms with E-state index in [1.165, 1.54) is 6.07 Å². The number of nitrogens with one attached hydrogen (secondary N) is 1. The number of hydrogen-bond acceptors (Lipinski definition) is 6. The summed E-state index contributed by atoms with van der Waals surface area (Å²) in [6.07, 6.45) is -2.99. The van der Waals surface area contributed by atoms with Crippen molar-refractivity contribution in [3.63, 3.8) is 0 Å². The molecule has 0 radical (unpaired) electrons. The molecule has 40 heavy (non-hydrogen) atoms. The third kappa shape index (κ3) is 5.80. The number of piperazine rings is 1. The Balaban J connectivity index is 1.56. The molecule has 2 aliphatic rings. The van der Waals surface area contributed by atoms with Gasteiger partial charge in [0.2, 0.25) is 0 Å². The van der Waals surface area contributed by atoms with Gasteiger partial charge in [-0.1, -0.05) is 13.8 Å². The molecule has 4 rings (SSSR count). The van der Waals surface area contributed by atoms with Gasteiger partial charge in [-0.05, 0) is 80.9 Å². The van der Waals surface area contributed by atoms with E-state index < -0.39 is 28.7 Å². The highest BCUT2D eigenvalue weighted by molar-refractivity contribution is 7.81. The summed E-state index contributed by atoms with van der Waals surface area (Å²) in [6, 6.07) is 10.8. The van der Waals surface area contributed by atoms with Crippen molar-refractivity contribution >= 4 is 34.6 Å². The minimum Gasteiger partial charge on any atom is -0.492 e. The summed E-state index contributed by atoms with van der Waals surface area (Å²) in [5.41, 5.74) is -1.24. The lowest BCUT2D eigenvalue weighted by Gasteiger charge is -2.33. The normalized spacial score (nSPS) is 19.7. The molecule has 0 spiro atoms. The molecule has 1 N–H and O–H groups in total. The second-order valence-electron chi connectivity index (χ2n) is 10.5. The number of anilines is 2. The van der Waals surface area contributed by atoms with E-state index in [0.717, 1.165) is 60.9 Å².